The molecule has 0 radical (unpaired) electrons. The van der Waals surface area contributed by atoms with Crippen LogP contribution < -0.4 is 4.74 Å². The molecule has 3 rings (SSSR count). The summed E-state index contributed by atoms with van der Waals surface area (Å²) in [5.41, 5.74) is 0.760. The Morgan fingerprint density at radius 1 is 1.29 bits per heavy atom. The Balaban J connectivity index is 1.88. The van der Waals surface area contributed by atoms with Crippen molar-refractivity contribution in [3.8, 4) is 5.75 Å². The molecule has 0 spiro atoms. The Morgan fingerprint density at radius 3 is 2.62 bits per heavy atom. The maximum atomic E-state index is 12.6. The highest BCUT2D eigenvalue weighted by atomic mass is 35.5. The predicted molar refractivity (Wildman–Crippen MR) is 89.6 cm³/mol. The van der Waals surface area contributed by atoms with Gasteiger partial charge in [0.25, 0.3) is 5.91 Å². The fourth-order valence-corrected chi connectivity index (χ4v) is 3.43. The Hall–Kier alpha value is -1.95. The van der Waals surface area contributed by atoms with E-state index >= 15 is 0 Å². The number of amides is 2. The van der Waals surface area contributed by atoms with Gasteiger partial charge >= 0.3 is 6.09 Å². The molecule has 6 nitrogen and oxygen atoms in total. The molecule has 0 N–H and O–H groups in total. The van der Waals surface area contributed by atoms with E-state index < -0.39 is 5.60 Å². The first-order valence-corrected chi connectivity index (χ1v) is 8.25. The molecule has 24 heavy (non-hydrogen) atoms. The van der Waals surface area contributed by atoms with Gasteiger partial charge in [-0.15, -0.1) is 0 Å². The van der Waals surface area contributed by atoms with Crippen molar-refractivity contribution < 1.29 is 19.1 Å². The fraction of sp³-hybridized carbons (Fsp3) is 0.529. The molecule has 1 atom stereocenters. The van der Waals surface area contributed by atoms with E-state index in [0.717, 1.165) is 5.56 Å². The van der Waals surface area contributed by atoms with E-state index in [0.29, 0.717) is 36.0 Å². The van der Waals surface area contributed by atoms with Crippen LogP contribution in [0.15, 0.2) is 12.1 Å². The summed E-state index contributed by atoms with van der Waals surface area (Å²) in [6, 6.07) is 3.24. The molecule has 0 aliphatic carbocycles. The van der Waals surface area contributed by atoms with Gasteiger partial charge < -0.3 is 19.3 Å². The van der Waals surface area contributed by atoms with Gasteiger partial charge in [-0.25, -0.2) is 4.79 Å². The van der Waals surface area contributed by atoms with Gasteiger partial charge in [-0.1, -0.05) is 11.6 Å². The lowest BCUT2D eigenvalue weighted by Gasteiger charge is -2.38. The van der Waals surface area contributed by atoms with E-state index in [-0.39, 0.29) is 18.0 Å². The first kappa shape index (κ1) is 16.9. The van der Waals surface area contributed by atoms with Gasteiger partial charge in [0.2, 0.25) is 0 Å². The number of methoxy groups -OCH3 is 1. The standard InChI is InChI=1S/C17H21ClN2O4/c1-17(2,3)24-16(22)19-5-6-20-13(9-19)11-7-10(23-4)8-12(18)14(11)15(20)21/h7-8,13H,5-6,9H2,1-4H3. The highest BCUT2D eigenvalue weighted by Crippen LogP contribution is 2.41. The third kappa shape index (κ3) is 2.90. The molecule has 2 aliphatic heterocycles. The molecule has 1 aromatic rings. The number of benzene rings is 1. The second kappa shape index (κ2) is 5.84. The SMILES string of the molecule is COc1cc(Cl)c2c(c1)C1CN(C(=O)OC(C)(C)C)CCN1C2=O. The molecule has 2 aliphatic rings. The Morgan fingerprint density at radius 2 is 2.00 bits per heavy atom. The van der Waals surface area contributed by atoms with Gasteiger partial charge in [0.15, 0.2) is 0 Å². The summed E-state index contributed by atoms with van der Waals surface area (Å²) in [7, 11) is 1.56. The number of rotatable bonds is 1. The molecule has 0 aromatic heterocycles. The maximum absolute atomic E-state index is 12.6. The van der Waals surface area contributed by atoms with Crippen LogP contribution in [0.3, 0.4) is 0 Å². The van der Waals surface area contributed by atoms with Crippen molar-refractivity contribution in [2.45, 2.75) is 32.4 Å². The van der Waals surface area contributed by atoms with Crippen LogP contribution in [0.4, 0.5) is 4.79 Å². The third-order valence-corrected chi connectivity index (χ3v) is 4.49. The molecule has 7 heteroatoms. The normalized spacial score (nSPS) is 19.9. The number of halogens is 1. The molecule has 2 heterocycles. The number of carbonyl (C=O) groups is 2. The fourth-order valence-electron chi connectivity index (χ4n) is 3.14. The van der Waals surface area contributed by atoms with Gasteiger partial charge in [0.1, 0.15) is 11.4 Å². The first-order valence-electron chi connectivity index (χ1n) is 7.87. The number of hydrogen-bond donors (Lipinski definition) is 0. The summed E-state index contributed by atoms with van der Waals surface area (Å²) in [6.07, 6.45) is -0.364. The maximum Gasteiger partial charge on any atom is 0.410 e. The van der Waals surface area contributed by atoms with E-state index in [9.17, 15) is 9.59 Å². The number of piperazine rings is 1. The van der Waals surface area contributed by atoms with Crippen LogP contribution in [0.5, 0.6) is 5.75 Å². The average molecular weight is 353 g/mol. The molecule has 1 aromatic carbocycles. The minimum absolute atomic E-state index is 0.0912. The summed E-state index contributed by atoms with van der Waals surface area (Å²) in [5.74, 6) is 0.509. The smallest absolute Gasteiger partial charge is 0.410 e. The van der Waals surface area contributed by atoms with E-state index in [1.807, 2.05) is 26.8 Å². The largest absolute Gasteiger partial charge is 0.497 e. The average Bonchev–Trinajstić information content (AvgIpc) is 2.78. The van der Waals surface area contributed by atoms with Crippen molar-refractivity contribution in [2.75, 3.05) is 26.7 Å². The number of nitrogens with zero attached hydrogens (tertiary/aromatic N) is 2. The highest BCUT2D eigenvalue weighted by Gasteiger charge is 2.43. The Bertz CT molecular complexity index is 699. The van der Waals surface area contributed by atoms with Crippen molar-refractivity contribution in [3.05, 3.63) is 28.3 Å². The number of hydrogen-bond acceptors (Lipinski definition) is 4. The predicted octanol–water partition coefficient (Wildman–Crippen LogP) is 3.10. The third-order valence-electron chi connectivity index (χ3n) is 4.20. The second-order valence-corrected chi connectivity index (χ2v) is 7.42. The molecular formula is C17H21ClN2O4. The van der Waals surface area contributed by atoms with Crippen LogP contribution >= 0.6 is 11.6 Å². The topological polar surface area (TPSA) is 59.1 Å². The zero-order chi connectivity index (χ0) is 17.6. The van der Waals surface area contributed by atoms with Gasteiger partial charge in [-0.05, 0) is 38.5 Å². The highest BCUT2D eigenvalue weighted by molar-refractivity contribution is 6.34. The summed E-state index contributed by atoms with van der Waals surface area (Å²) in [5, 5.41) is 0.382. The summed E-state index contributed by atoms with van der Waals surface area (Å²) in [6.45, 7) is 6.79. The van der Waals surface area contributed by atoms with Crippen molar-refractivity contribution in [3.63, 3.8) is 0 Å². The Kier molecular flexibility index (Phi) is 4.11. The van der Waals surface area contributed by atoms with Crippen molar-refractivity contribution in [2.24, 2.45) is 0 Å². The summed E-state index contributed by atoms with van der Waals surface area (Å²) < 4.78 is 10.7. The van der Waals surface area contributed by atoms with Crippen molar-refractivity contribution in [1.82, 2.24) is 9.80 Å². The van der Waals surface area contributed by atoms with Gasteiger partial charge in [-0.2, -0.15) is 0 Å². The van der Waals surface area contributed by atoms with Crippen LogP contribution in [0, 0.1) is 0 Å². The van der Waals surface area contributed by atoms with Crippen LogP contribution in [0.25, 0.3) is 0 Å². The Labute approximate surface area is 146 Å². The van der Waals surface area contributed by atoms with E-state index in [1.165, 1.54) is 0 Å². The number of carbonyl (C=O) groups excluding carboxylic acids is 2. The van der Waals surface area contributed by atoms with Crippen molar-refractivity contribution in [1.29, 1.82) is 0 Å². The van der Waals surface area contributed by atoms with Crippen LogP contribution in [0.2, 0.25) is 5.02 Å². The molecule has 1 fully saturated rings. The first-order chi connectivity index (χ1) is 11.2. The molecule has 1 saturated heterocycles. The quantitative estimate of drug-likeness (QED) is 0.779. The van der Waals surface area contributed by atoms with Gasteiger partial charge in [0, 0.05) is 19.6 Å². The zero-order valence-corrected chi connectivity index (χ0v) is 15.0. The molecule has 0 bridgehead atoms. The van der Waals surface area contributed by atoms with E-state index in [2.05, 4.69) is 0 Å². The molecular weight excluding hydrogens is 332 g/mol. The van der Waals surface area contributed by atoms with Crippen molar-refractivity contribution >= 4 is 23.6 Å². The lowest BCUT2D eigenvalue weighted by atomic mass is 10.0. The minimum atomic E-state index is -0.551. The molecule has 2 amide bonds. The monoisotopic (exact) mass is 352 g/mol. The molecule has 0 saturated carbocycles. The van der Waals surface area contributed by atoms with E-state index in [4.69, 9.17) is 21.1 Å². The summed E-state index contributed by atoms with van der Waals surface area (Å²) >= 11 is 6.27. The number of ether oxygens (including phenoxy) is 2. The minimum Gasteiger partial charge on any atom is -0.497 e. The molecule has 1 unspecified atom stereocenters. The number of fused-ring (bicyclic) bond motifs is 3. The lowest BCUT2D eigenvalue weighted by molar-refractivity contribution is 0.00657. The van der Waals surface area contributed by atoms with Gasteiger partial charge in [-0.3, -0.25) is 4.79 Å². The second-order valence-electron chi connectivity index (χ2n) is 7.01. The van der Waals surface area contributed by atoms with Gasteiger partial charge in [0.05, 0.1) is 23.7 Å². The molecule has 130 valence electrons. The lowest BCUT2D eigenvalue weighted by Crippen LogP contribution is -2.50. The summed E-state index contributed by atoms with van der Waals surface area (Å²) in [4.78, 5) is 28.4. The van der Waals surface area contributed by atoms with Crippen LogP contribution in [0.1, 0.15) is 42.7 Å². The van der Waals surface area contributed by atoms with E-state index in [1.54, 1.807) is 23.0 Å². The van der Waals surface area contributed by atoms with Crippen LogP contribution in [-0.2, 0) is 4.74 Å². The van der Waals surface area contributed by atoms with Crippen LogP contribution in [-0.4, -0.2) is 54.1 Å². The zero-order valence-electron chi connectivity index (χ0n) is 14.3.